The van der Waals surface area contributed by atoms with E-state index >= 15 is 0 Å². The van der Waals surface area contributed by atoms with Crippen molar-refractivity contribution in [2.75, 3.05) is 11.5 Å². The maximum atomic E-state index is 5.62. The maximum absolute atomic E-state index is 5.62. The Balaban J connectivity index is 2.23. The van der Waals surface area contributed by atoms with Gasteiger partial charge in [-0.15, -0.1) is 0 Å². The molecule has 48 valence electrons. The molecular weight excluding hydrogens is 120 g/mol. The summed E-state index contributed by atoms with van der Waals surface area (Å²) in [6.45, 7) is 0. The second kappa shape index (κ2) is 2.71. The van der Waals surface area contributed by atoms with Gasteiger partial charge in [0.1, 0.15) is 0 Å². The normalized spacial score (nSPS) is 39.8. The third-order valence-electron chi connectivity index (χ3n) is 1.27. The molecule has 0 aromatic heterocycles. The van der Waals surface area contributed by atoms with Gasteiger partial charge in [0.15, 0.2) is 0 Å². The minimum atomic E-state index is 0.351. The molecule has 2 unspecified atom stereocenters. The average Bonchev–Trinajstić information content (AvgIpc) is 1.64. The topological polar surface area (TPSA) is 52.0 Å². The van der Waals surface area contributed by atoms with Crippen LogP contribution < -0.4 is 11.5 Å². The van der Waals surface area contributed by atoms with Crippen LogP contribution in [0.5, 0.6) is 0 Å². The SMILES string of the molecule is NC1CSCC(N)C1. The summed E-state index contributed by atoms with van der Waals surface area (Å²) in [5, 5.41) is 0. The quantitative estimate of drug-likeness (QED) is 0.479. The number of thioether (sulfide) groups is 1. The summed E-state index contributed by atoms with van der Waals surface area (Å²) in [5.41, 5.74) is 11.2. The van der Waals surface area contributed by atoms with Crippen LogP contribution >= 0.6 is 11.8 Å². The van der Waals surface area contributed by atoms with E-state index in [-0.39, 0.29) is 0 Å². The van der Waals surface area contributed by atoms with Gasteiger partial charge in [0.2, 0.25) is 0 Å². The van der Waals surface area contributed by atoms with Gasteiger partial charge in [-0.25, -0.2) is 0 Å². The van der Waals surface area contributed by atoms with Crippen LogP contribution in [-0.2, 0) is 0 Å². The van der Waals surface area contributed by atoms with E-state index in [0.29, 0.717) is 12.1 Å². The zero-order chi connectivity index (χ0) is 5.98. The van der Waals surface area contributed by atoms with Crippen LogP contribution in [0.2, 0.25) is 0 Å². The zero-order valence-electron chi connectivity index (χ0n) is 4.84. The van der Waals surface area contributed by atoms with Gasteiger partial charge in [0.05, 0.1) is 0 Å². The predicted molar refractivity (Wildman–Crippen MR) is 37.9 cm³/mol. The van der Waals surface area contributed by atoms with Gasteiger partial charge in [-0.2, -0.15) is 11.8 Å². The molecule has 0 bridgehead atoms. The van der Waals surface area contributed by atoms with E-state index in [1.807, 2.05) is 11.8 Å². The van der Waals surface area contributed by atoms with Crippen molar-refractivity contribution in [2.24, 2.45) is 11.5 Å². The molecule has 4 N–H and O–H groups in total. The second-order valence-electron chi connectivity index (χ2n) is 2.29. The van der Waals surface area contributed by atoms with Crippen molar-refractivity contribution in [1.82, 2.24) is 0 Å². The first-order chi connectivity index (χ1) is 3.79. The Kier molecular flexibility index (Phi) is 2.16. The molecule has 1 fully saturated rings. The largest absolute Gasteiger partial charge is 0.327 e. The van der Waals surface area contributed by atoms with Crippen LogP contribution in [0, 0.1) is 0 Å². The molecule has 1 aliphatic heterocycles. The lowest BCUT2D eigenvalue weighted by atomic mass is 10.1. The summed E-state index contributed by atoms with van der Waals surface area (Å²) >= 11 is 1.86. The molecule has 0 radical (unpaired) electrons. The minimum absolute atomic E-state index is 0.351. The maximum Gasteiger partial charge on any atom is 0.0145 e. The Hall–Kier alpha value is 0.270. The Labute approximate surface area is 54.0 Å². The fraction of sp³-hybridized carbons (Fsp3) is 1.00. The van der Waals surface area contributed by atoms with Crippen molar-refractivity contribution in [2.45, 2.75) is 18.5 Å². The molecule has 0 aliphatic carbocycles. The monoisotopic (exact) mass is 132 g/mol. The summed E-state index contributed by atoms with van der Waals surface area (Å²) in [7, 11) is 0. The van der Waals surface area contributed by atoms with Gasteiger partial charge >= 0.3 is 0 Å². The van der Waals surface area contributed by atoms with Crippen molar-refractivity contribution >= 4 is 11.8 Å². The third kappa shape index (κ3) is 1.65. The van der Waals surface area contributed by atoms with E-state index in [1.165, 1.54) is 0 Å². The zero-order valence-corrected chi connectivity index (χ0v) is 5.66. The van der Waals surface area contributed by atoms with Crippen LogP contribution in [0.3, 0.4) is 0 Å². The van der Waals surface area contributed by atoms with E-state index in [0.717, 1.165) is 17.9 Å². The highest BCUT2D eigenvalue weighted by Gasteiger charge is 2.14. The molecule has 0 saturated carbocycles. The van der Waals surface area contributed by atoms with Gasteiger partial charge in [-0.1, -0.05) is 0 Å². The van der Waals surface area contributed by atoms with Gasteiger partial charge in [-0.3, -0.25) is 0 Å². The minimum Gasteiger partial charge on any atom is -0.327 e. The Morgan fingerprint density at radius 3 is 1.88 bits per heavy atom. The van der Waals surface area contributed by atoms with Crippen molar-refractivity contribution in [3.8, 4) is 0 Å². The van der Waals surface area contributed by atoms with E-state index in [2.05, 4.69) is 0 Å². The van der Waals surface area contributed by atoms with Gasteiger partial charge in [-0.05, 0) is 6.42 Å². The van der Waals surface area contributed by atoms with Crippen LogP contribution in [0.1, 0.15) is 6.42 Å². The molecular formula is C5H12N2S. The molecule has 1 heterocycles. The van der Waals surface area contributed by atoms with Crippen molar-refractivity contribution in [1.29, 1.82) is 0 Å². The number of rotatable bonds is 0. The lowest BCUT2D eigenvalue weighted by Crippen LogP contribution is -2.38. The number of hydrogen-bond donors (Lipinski definition) is 2. The molecule has 2 nitrogen and oxygen atoms in total. The molecule has 0 amide bonds. The molecule has 1 aliphatic rings. The smallest absolute Gasteiger partial charge is 0.0145 e. The fourth-order valence-corrected chi connectivity index (χ4v) is 1.91. The van der Waals surface area contributed by atoms with Crippen LogP contribution in [-0.4, -0.2) is 23.6 Å². The summed E-state index contributed by atoms with van der Waals surface area (Å²) in [6, 6.07) is 0.701. The Bertz CT molecular complexity index is 68.8. The van der Waals surface area contributed by atoms with Crippen LogP contribution in [0.25, 0.3) is 0 Å². The summed E-state index contributed by atoms with van der Waals surface area (Å²) in [4.78, 5) is 0. The van der Waals surface area contributed by atoms with Gasteiger partial charge < -0.3 is 11.5 Å². The van der Waals surface area contributed by atoms with E-state index in [4.69, 9.17) is 11.5 Å². The number of hydrogen-bond acceptors (Lipinski definition) is 3. The van der Waals surface area contributed by atoms with Crippen molar-refractivity contribution < 1.29 is 0 Å². The number of nitrogens with two attached hydrogens (primary N) is 2. The lowest BCUT2D eigenvalue weighted by Gasteiger charge is -2.22. The van der Waals surface area contributed by atoms with E-state index in [9.17, 15) is 0 Å². The molecule has 0 spiro atoms. The van der Waals surface area contributed by atoms with Crippen molar-refractivity contribution in [3.63, 3.8) is 0 Å². The van der Waals surface area contributed by atoms with E-state index < -0.39 is 0 Å². The highest BCUT2D eigenvalue weighted by Crippen LogP contribution is 2.14. The molecule has 2 atom stereocenters. The highest BCUT2D eigenvalue weighted by molar-refractivity contribution is 7.99. The molecule has 0 aromatic carbocycles. The van der Waals surface area contributed by atoms with E-state index in [1.54, 1.807) is 0 Å². The highest BCUT2D eigenvalue weighted by atomic mass is 32.2. The fourth-order valence-electron chi connectivity index (χ4n) is 0.896. The first-order valence-electron chi connectivity index (χ1n) is 2.88. The summed E-state index contributed by atoms with van der Waals surface area (Å²) < 4.78 is 0. The first-order valence-corrected chi connectivity index (χ1v) is 4.03. The third-order valence-corrected chi connectivity index (χ3v) is 2.60. The summed E-state index contributed by atoms with van der Waals surface area (Å²) in [6.07, 6.45) is 1.01. The first kappa shape index (κ1) is 6.39. The molecule has 1 rings (SSSR count). The average molecular weight is 132 g/mol. The van der Waals surface area contributed by atoms with Gasteiger partial charge in [0, 0.05) is 23.6 Å². The second-order valence-corrected chi connectivity index (χ2v) is 3.37. The standard InChI is InChI=1S/C5H12N2S/c6-4-1-5(7)3-8-2-4/h4-5H,1-3,6-7H2. The van der Waals surface area contributed by atoms with Gasteiger partial charge in [0.25, 0.3) is 0 Å². The van der Waals surface area contributed by atoms with Crippen molar-refractivity contribution in [3.05, 3.63) is 0 Å². The molecule has 0 aromatic rings. The molecule has 1 saturated heterocycles. The molecule has 8 heavy (non-hydrogen) atoms. The van der Waals surface area contributed by atoms with Crippen LogP contribution in [0.15, 0.2) is 0 Å². The molecule has 3 heteroatoms. The Morgan fingerprint density at radius 2 is 1.62 bits per heavy atom. The lowest BCUT2D eigenvalue weighted by molar-refractivity contribution is 0.575. The van der Waals surface area contributed by atoms with Crippen LogP contribution in [0.4, 0.5) is 0 Å². The summed E-state index contributed by atoms with van der Waals surface area (Å²) in [5.74, 6) is 2.18. The predicted octanol–water partition coefficient (Wildman–Crippen LogP) is -0.222. The Morgan fingerprint density at radius 1 is 1.12 bits per heavy atom.